The third kappa shape index (κ3) is 3.65. The number of halogens is 1. The van der Waals surface area contributed by atoms with Crippen molar-refractivity contribution < 1.29 is 14.5 Å². The molecule has 2 aromatic carbocycles. The number of benzene rings is 2. The fraction of sp³-hybridized carbons (Fsp3) is 0.158. The van der Waals surface area contributed by atoms with E-state index < -0.39 is 10.9 Å². The molecule has 0 spiro atoms. The zero-order chi connectivity index (χ0) is 18.8. The van der Waals surface area contributed by atoms with Gasteiger partial charge in [-0.25, -0.2) is 9.79 Å². The molecule has 26 heavy (non-hydrogen) atoms. The third-order valence-electron chi connectivity index (χ3n) is 3.92. The number of esters is 1. The molecule has 0 atom stereocenters. The molecule has 1 aliphatic rings. The van der Waals surface area contributed by atoms with E-state index in [2.05, 4.69) is 18.8 Å². The van der Waals surface area contributed by atoms with Crippen LogP contribution in [0.4, 0.5) is 5.69 Å². The summed E-state index contributed by atoms with van der Waals surface area (Å²) in [6.45, 7) is 4.20. The van der Waals surface area contributed by atoms with Crippen molar-refractivity contribution >= 4 is 35.2 Å². The second-order valence-corrected chi connectivity index (χ2v) is 6.49. The van der Waals surface area contributed by atoms with Crippen LogP contribution in [0, 0.1) is 10.1 Å². The number of aliphatic imine (C=N–C) groups is 1. The molecule has 1 aliphatic heterocycles. The van der Waals surface area contributed by atoms with Gasteiger partial charge in [0, 0.05) is 11.6 Å². The molecule has 0 amide bonds. The molecule has 0 saturated heterocycles. The molecular weight excluding hydrogens is 356 g/mol. The quantitative estimate of drug-likeness (QED) is 0.337. The van der Waals surface area contributed by atoms with Crippen molar-refractivity contribution in [1.29, 1.82) is 0 Å². The summed E-state index contributed by atoms with van der Waals surface area (Å²) in [5, 5.41) is 11.0. The zero-order valence-electron chi connectivity index (χ0n) is 14.1. The number of nitrogens with zero attached hydrogens (tertiary/aromatic N) is 2. The molecule has 0 aromatic heterocycles. The maximum atomic E-state index is 12.1. The van der Waals surface area contributed by atoms with Gasteiger partial charge in [-0.2, -0.15) is 0 Å². The van der Waals surface area contributed by atoms with Crippen LogP contribution in [0.5, 0.6) is 0 Å². The second-order valence-electron chi connectivity index (χ2n) is 6.08. The lowest BCUT2D eigenvalue weighted by atomic mass is 10.0. The molecule has 2 aromatic rings. The Labute approximate surface area is 154 Å². The Hall–Kier alpha value is -2.99. The molecule has 0 saturated carbocycles. The van der Waals surface area contributed by atoms with E-state index in [4.69, 9.17) is 16.3 Å². The molecule has 1 heterocycles. The van der Waals surface area contributed by atoms with Gasteiger partial charge in [-0.1, -0.05) is 49.7 Å². The predicted molar refractivity (Wildman–Crippen MR) is 99.2 cm³/mol. The Bertz CT molecular complexity index is 947. The summed E-state index contributed by atoms with van der Waals surface area (Å²) in [5.74, 6) is -0.177. The van der Waals surface area contributed by atoms with Crippen molar-refractivity contribution in [3.05, 3.63) is 80.0 Å². The summed E-state index contributed by atoms with van der Waals surface area (Å²) in [7, 11) is 0. The fourth-order valence-corrected chi connectivity index (χ4v) is 2.64. The first-order valence-electron chi connectivity index (χ1n) is 7.92. The number of carbonyl (C=O) groups is 1. The molecule has 0 fully saturated rings. The van der Waals surface area contributed by atoms with Crippen molar-refractivity contribution in [3.8, 4) is 0 Å². The van der Waals surface area contributed by atoms with Crippen molar-refractivity contribution in [2.45, 2.75) is 19.8 Å². The van der Waals surface area contributed by atoms with Crippen LogP contribution in [-0.4, -0.2) is 16.8 Å². The van der Waals surface area contributed by atoms with E-state index >= 15 is 0 Å². The van der Waals surface area contributed by atoms with Gasteiger partial charge in [0.05, 0.1) is 4.92 Å². The largest absolute Gasteiger partial charge is 0.402 e. The van der Waals surface area contributed by atoms with Crippen LogP contribution in [0.2, 0.25) is 5.02 Å². The summed E-state index contributed by atoms with van der Waals surface area (Å²) in [5.41, 5.74) is 2.18. The van der Waals surface area contributed by atoms with Gasteiger partial charge in [0.25, 0.3) is 5.69 Å². The maximum absolute atomic E-state index is 12.1. The third-order valence-corrected chi connectivity index (χ3v) is 4.24. The lowest BCUT2D eigenvalue weighted by Crippen LogP contribution is -2.06. The molecule has 0 aliphatic carbocycles. The number of hydrogen-bond acceptors (Lipinski definition) is 5. The van der Waals surface area contributed by atoms with Crippen LogP contribution in [0.15, 0.2) is 53.2 Å². The highest BCUT2D eigenvalue weighted by molar-refractivity contribution is 6.32. The smallest absolute Gasteiger partial charge is 0.363 e. The van der Waals surface area contributed by atoms with Crippen molar-refractivity contribution in [2.24, 2.45) is 4.99 Å². The van der Waals surface area contributed by atoms with Crippen molar-refractivity contribution in [1.82, 2.24) is 0 Å². The molecule has 0 unspecified atom stereocenters. The minimum absolute atomic E-state index is 0.00433. The number of hydrogen-bond donors (Lipinski definition) is 0. The van der Waals surface area contributed by atoms with Crippen LogP contribution in [-0.2, 0) is 9.53 Å². The summed E-state index contributed by atoms with van der Waals surface area (Å²) in [6, 6.07) is 11.9. The van der Waals surface area contributed by atoms with Gasteiger partial charge in [-0.05, 0) is 35.3 Å². The lowest BCUT2D eigenvalue weighted by Gasteiger charge is -2.04. The van der Waals surface area contributed by atoms with E-state index in [1.165, 1.54) is 23.8 Å². The molecule has 6 nitrogen and oxygen atoms in total. The number of nitro groups is 1. The monoisotopic (exact) mass is 370 g/mol. The molecular formula is C19H15ClN2O4. The van der Waals surface area contributed by atoms with Gasteiger partial charge in [0.2, 0.25) is 5.90 Å². The van der Waals surface area contributed by atoms with E-state index in [9.17, 15) is 14.9 Å². The zero-order valence-corrected chi connectivity index (χ0v) is 14.9. The summed E-state index contributed by atoms with van der Waals surface area (Å²) >= 11 is 5.80. The van der Waals surface area contributed by atoms with Gasteiger partial charge >= 0.3 is 5.97 Å². The van der Waals surface area contributed by atoms with Gasteiger partial charge < -0.3 is 4.74 Å². The molecule has 0 N–H and O–H groups in total. The first kappa shape index (κ1) is 17.8. The Kier molecular flexibility index (Phi) is 4.86. The standard InChI is InChI=1S/C19H15ClN2O4/c1-11(2)13-5-3-12(4-6-13)9-16-19(23)26-18(21-16)14-7-8-15(20)17(10-14)22(24)25/h3-11H,1-2H3. The van der Waals surface area contributed by atoms with Gasteiger partial charge in [-0.3, -0.25) is 10.1 Å². The second kappa shape index (κ2) is 7.09. The number of nitro benzene ring substituents is 1. The van der Waals surface area contributed by atoms with E-state index in [-0.39, 0.29) is 22.3 Å². The summed E-state index contributed by atoms with van der Waals surface area (Å²) in [6.07, 6.45) is 1.61. The number of ether oxygens (including phenoxy) is 1. The number of carbonyl (C=O) groups excluding carboxylic acids is 1. The van der Waals surface area contributed by atoms with Crippen LogP contribution in [0.25, 0.3) is 6.08 Å². The highest BCUT2D eigenvalue weighted by Crippen LogP contribution is 2.27. The highest BCUT2D eigenvalue weighted by Gasteiger charge is 2.26. The minimum Gasteiger partial charge on any atom is -0.402 e. The molecule has 132 valence electrons. The number of rotatable bonds is 4. The van der Waals surface area contributed by atoms with Crippen molar-refractivity contribution in [2.75, 3.05) is 0 Å². The normalized spacial score (nSPS) is 15.3. The van der Waals surface area contributed by atoms with E-state index in [1.807, 2.05) is 24.3 Å². The van der Waals surface area contributed by atoms with E-state index in [0.29, 0.717) is 11.5 Å². The van der Waals surface area contributed by atoms with Crippen LogP contribution >= 0.6 is 11.6 Å². The molecule has 0 radical (unpaired) electrons. The number of cyclic esters (lactones) is 1. The molecule has 3 rings (SSSR count). The predicted octanol–water partition coefficient (Wildman–Crippen LogP) is 4.72. The average molecular weight is 371 g/mol. The summed E-state index contributed by atoms with van der Waals surface area (Å²) in [4.78, 5) is 26.6. The summed E-state index contributed by atoms with van der Waals surface area (Å²) < 4.78 is 5.15. The maximum Gasteiger partial charge on any atom is 0.363 e. The average Bonchev–Trinajstić information content (AvgIpc) is 2.96. The van der Waals surface area contributed by atoms with Crippen molar-refractivity contribution in [3.63, 3.8) is 0 Å². The topological polar surface area (TPSA) is 81.8 Å². The Morgan fingerprint density at radius 3 is 2.50 bits per heavy atom. The Morgan fingerprint density at radius 1 is 1.19 bits per heavy atom. The first-order valence-corrected chi connectivity index (χ1v) is 8.30. The first-order chi connectivity index (χ1) is 12.3. The van der Waals surface area contributed by atoms with Gasteiger partial charge in [0.1, 0.15) is 5.02 Å². The SMILES string of the molecule is CC(C)c1ccc(C=C2N=C(c3ccc(Cl)c([N+](=O)[O-])c3)OC2=O)cc1. The van der Waals surface area contributed by atoms with Gasteiger partial charge in [-0.15, -0.1) is 0 Å². The van der Waals surface area contributed by atoms with Crippen LogP contribution in [0.3, 0.4) is 0 Å². The van der Waals surface area contributed by atoms with Gasteiger partial charge in [0.15, 0.2) is 5.70 Å². The molecule has 0 bridgehead atoms. The van der Waals surface area contributed by atoms with E-state index in [1.54, 1.807) is 6.08 Å². The molecule has 7 heteroatoms. The Balaban J connectivity index is 1.91. The van der Waals surface area contributed by atoms with Crippen LogP contribution in [0.1, 0.15) is 36.5 Å². The van der Waals surface area contributed by atoms with Crippen LogP contribution < -0.4 is 0 Å². The minimum atomic E-state index is -0.606. The van der Waals surface area contributed by atoms with E-state index in [0.717, 1.165) is 5.56 Å². The lowest BCUT2D eigenvalue weighted by molar-refractivity contribution is -0.384. The fourth-order valence-electron chi connectivity index (χ4n) is 2.45. The highest BCUT2D eigenvalue weighted by atomic mass is 35.5. The Morgan fingerprint density at radius 2 is 1.88 bits per heavy atom.